The van der Waals surface area contributed by atoms with E-state index in [4.69, 9.17) is 0 Å². The molecule has 2 aromatic rings. The van der Waals surface area contributed by atoms with E-state index < -0.39 is 0 Å². The zero-order valence-electron chi connectivity index (χ0n) is 10.9. The van der Waals surface area contributed by atoms with E-state index in [1.807, 2.05) is 24.3 Å². The summed E-state index contributed by atoms with van der Waals surface area (Å²) in [6, 6.07) is 7.73. The predicted octanol–water partition coefficient (Wildman–Crippen LogP) is 3.77. The molecule has 2 rings (SSSR count). The lowest BCUT2D eigenvalue weighted by Crippen LogP contribution is -2.17. The Morgan fingerprint density at radius 3 is 2.24 bits per heavy atom. The zero-order valence-corrected chi connectivity index (χ0v) is 10.9. The number of pyridine rings is 1. The Hall–Kier alpha value is -1.57. The Morgan fingerprint density at radius 2 is 1.65 bits per heavy atom. The van der Waals surface area contributed by atoms with E-state index in [9.17, 15) is 4.79 Å². The van der Waals surface area contributed by atoms with Crippen LogP contribution in [0, 0.1) is 0 Å². The number of aromatic nitrogens is 1. The second kappa shape index (κ2) is 4.36. The standard InChI is InChI=1S/C15H19NO/c1-9(2)13-14(10(3)4)16-12-8-6-5-7-11(12)15(13)17/h5-10H,1-4H3,(H,16,17). The topological polar surface area (TPSA) is 32.9 Å². The molecule has 1 heterocycles. The molecule has 0 fully saturated rings. The van der Waals surface area contributed by atoms with Gasteiger partial charge >= 0.3 is 0 Å². The number of fused-ring (bicyclic) bond motifs is 1. The summed E-state index contributed by atoms with van der Waals surface area (Å²) in [4.78, 5) is 15.9. The van der Waals surface area contributed by atoms with Gasteiger partial charge in [0.15, 0.2) is 5.43 Å². The van der Waals surface area contributed by atoms with Crippen LogP contribution < -0.4 is 5.43 Å². The summed E-state index contributed by atoms with van der Waals surface area (Å²) >= 11 is 0. The zero-order chi connectivity index (χ0) is 12.6. The first kappa shape index (κ1) is 11.9. The van der Waals surface area contributed by atoms with Gasteiger partial charge in [-0.1, -0.05) is 39.8 Å². The molecule has 0 aliphatic heterocycles. The van der Waals surface area contributed by atoms with Crippen LogP contribution in [0.25, 0.3) is 10.9 Å². The van der Waals surface area contributed by atoms with Crippen molar-refractivity contribution in [1.29, 1.82) is 0 Å². The number of hydrogen-bond donors (Lipinski definition) is 1. The van der Waals surface area contributed by atoms with E-state index in [0.717, 1.165) is 22.2 Å². The van der Waals surface area contributed by atoms with Gasteiger partial charge in [-0.3, -0.25) is 4.79 Å². The Bertz CT molecular complexity index is 593. The third kappa shape index (κ3) is 1.99. The highest BCUT2D eigenvalue weighted by Crippen LogP contribution is 2.23. The lowest BCUT2D eigenvalue weighted by atomic mass is 9.93. The molecule has 2 nitrogen and oxygen atoms in total. The number of rotatable bonds is 2. The van der Waals surface area contributed by atoms with Crippen LogP contribution in [-0.2, 0) is 0 Å². The second-order valence-corrected chi connectivity index (χ2v) is 5.14. The maximum absolute atomic E-state index is 12.5. The lowest BCUT2D eigenvalue weighted by Gasteiger charge is -2.16. The Kier molecular flexibility index (Phi) is 3.05. The number of benzene rings is 1. The van der Waals surface area contributed by atoms with Gasteiger partial charge in [0.25, 0.3) is 0 Å². The highest BCUT2D eigenvalue weighted by atomic mass is 16.1. The van der Waals surface area contributed by atoms with Crippen LogP contribution in [0.2, 0.25) is 0 Å². The Labute approximate surface area is 102 Å². The Balaban J connectivity index is 2.89. The maximum atomic E-state index is 12.5. The fourth-order valence-electron chi connectivity index (χ4n) is 2.30. The van der Waals surface area contributed by atoms with Crippen LogP contribution in [0.1, 0.15) is 50.8 Å². The molecule has 2 heteroatoms. The first-order valence-electron chi connectivity index (χ1n) is 6.17. The molecule has 0 spiro atoms. The van der Waals surface area contributed by atoms with Gasteiger partial charge in [-0.05, 0) is 24.0 Å². The van der Waals surface area contributed by atoms with Crippen molar-refractivity contribution in [2.75, 3.05) is 0 Å². The molecule has 17 heavy (non-hydrogen) atoms. The fraction of sp³-hybridized carbons (Fsp3) is 0.400. The van der Waals surface area contributed by atoms with Crippen LogP contribution in [0.15, 0.2) is 29.1 Å². The molecule has 0 aliphatic carbocycles. The van der Waals surface area contributed by atoms with Crippen LogP contribution in [-0.4, -0.2) is 4.98 Å². The quantitative estimate of drug-likeness (QED) is 0.835. The molecule has 0 atom stereocenters. The second-order valence-electron chi connectivity index (χ2n) is 5.14. The van der Waals surface area contributed by atoms with E-state index in [1.54, 1.807) is 0 Å². The van der Waals surface area contributed by atoms with Crippen molar-refractivity contribution in [2.45, 2.75) is 39.5 Å². The molecule has 0 saturated heterocycles. The van der Waals surface area contributed by atoms with E-state index in [-0.39, 0.29) is 11.3 Å². The van der Waals surface area contributed by atoms with Crippen molar-refractivity contribution in [3.63, 3.8) is 0 Å². The summed E-state index contributed by atoms with van der Waals surface area (Å²) in [6.07, 6.45) is 0. The van der Waals surface area contributed by atoms with Gasteiger partial charge in [-0.15, -0.1) is 0 Å². The third-order valence-electron chi connectivity index (χ3n) is 3.13. The molecule has 1 aromatic heterocycles. The minimum atomic E-state index is 0.179. The third-order valence-corrected chi connectivity index (χ3v) is 3.13. The van der Waals surface area contributed by atoms with Crippen molar-refractivity contribution in [2.24, 2.45) is 0 Å². The van der Waals surface area contributed by atoms with Crippen LogP contribution in [0.5, 0.6) is 0 Å². The summed E-state index contributed by atoms with van der Waals surface area (Å²) in [5.74, 6) is 0.588. The van der Waals surface area contributed by atoms with Crippen LogP contribution in [0.4, 0.5) is 0 Å². The van der Waals surface area contributed by atoms with Gasteiger partial charge in [0.05, 0.1) is 0 Å². The summed E-state index contributed by atoms with van der Waals surface area (Å²) in [6.45, 7) is 8.38. The maximum Gasteiger partial charge on any atom is 0.193 e. The van der Waals surface area contributed by atoms with Gasteiger partial charge in [-0.2, -0.15) is 0 Å². The van der Waals surface area contributed by atoms with Gasteiger partial charge in [0.2, 0.25) is 0 Å². The van der Waals surface area contributed by atoms with E-state index in [0.29, 0.717) is 5.92 Å². The Morgan fingerprint density at radius 1 is 1.00 bits per heavy atom. The number of H-pyrrole nitrogens is 1. The summed E-state index contributed by atoms with van der Waals surface area (Å²) in [5, 5.41) is 0.792. The molecule has 1 aromatic carbocycles. The molecular weight excluding hydrogens is 210 g/mol. The SMILES string of the molecule is CC(C)c1[nH]c2ccccc2c(=O)c1C(C)C. The lowest BCUT2D eigenvalue weighted by molar-refractivity contribution is 0.758. The monoisotopic (exact) mass is 229 g/mol. The van der Waals surface area contributed by atoms with Crippen LogP contribution in [0.3, 0.4) is 0 Å². The molecule has 0 radical (unpaired) electrons. The highest BCUT2D eigenvalue weighted by molar-refractivity contribution is 5.79. The minimum Gasteiger partial charge on any atom is -0.358 e. The number of aromatic amines is 1. The van der Waals surface area contributed by atoms with Crippen molar-refractivity contribution in [1.82, 2.24) is 4.98 Å². The smallest absolute Gasteiger partial charge is 0.193 e. The van der Waals surface area contributed by atoms with Gasteiger partial charge in [0.1, 0.15) is 0 Å². The van der Waals surface area contributed by atoms with Gasteiger partial charge in [0, 0.05) is 22.2 Å². The molecular formula is C15H19NO. The molecule has 1 N–H and O–H groups in total. The molecule has 0 bridgehead atoms. The predicted molar refractivity (Wildman–Crippen MR) is 72.7 cm³/mol. The molecule has 0 saturated carbocycles. The van der Waals surface area contributed by atoms with Crippen molar-refractivity contribution in [3.8, 4) is 0 Å². The van der Waals surface area contributed by atoms with E-state index in [1.165, 1.54) is 0 Å². The molecule has 0 aliphatic rings. The fourth-order valence-corrected chi connectivity index (χ4v) is 2.30. The summed E-state index contributed by atoms with van der Waals surface area (Å²) in [7, 11) is 0. The number of hydrogen-bond acceptors (Lipinski definition) is 1. The normalized spacial score (nSPS) is 11.6. The summed E-state index contributed by atoms with van der Waals surface area (Å²) < 4.78 is 0. The van der Waals surface area contributed by atoms with Gasteiger partial charge < -0.3 is 4.98 Å². The molecule has 0 unspecified atom stereocenters. The van der Waals surface area contributed by atoms with E-state index in [2.05, 4.69) is 32.7 Å². The number of para-hydroxylation sites is 1. The highest BCUT2D eigenvalue weighted by Gasteiger charge is 2.16. The molecule has 90 valence electrons. The first-order valence-corrected chi connectivity index (χ1v) is 6.17. The molecule has 0 amide bonds. The number of nitrogens with one attached hydrogen (secondary N) is 1. The van der Waals surface area contributed by atoms with Crippen LogP contribution >= 0.6 is 0 Å². The van der Waals surface area contributed by atoms with E-state index >= 15 is 0 Å². The van der Waals surface area contributed by atoms with Crippen molar-refractivity contribution < 1.29 is 0 Å². The largest absolute Gasteiger partial charge is 0.358 e. The van der Waals surface area contributed by atoms with Crippen molar-refractivity contribution >= 4 is 10.9 Å². The van der Waals surface area contributed by atoms with Gasteiger partial charge in [-0.25, -0.2) is 0 Å². The van der Waals surface area contributed by atoms with Crippen molar-refractivity contribution in [3.05, 3.63) is 45.7 Å². The first-order chi connectivity index (χ1) is 8.02. The summed E-state index contributed by atoms with van der Waals surface area (Å²) in [5.41, 5.74) is 3.12. The average Bonchev–Trinajstić information content (AvgIpc) is 2.28. The minimum absolute atomic E-state index is 0.179. The average molecular weight is 229 g/mol.